The van der Waals surface area contributed by atoms with E-state index < -0.39 is 277 Å². The lowest BCUT2D eigenvalue weighted by Gasteiger charge is -2.53. The summed E-state index contributed by atoms with van der Waals surface area (Å²) in [6.07, 6.45) is -62.7. The van der Waals surface area contributed by atoms with Gasteiger partial charge in [0.25, 0.3) is 11.6 Å². The second kappa shape index (κ2) is 30.7. The van der Waals surface area contributed by atoms with Crippen molar-refractivity contribution in [2.45, 2.75) is 229 Å². The predicted molar refractivity (Wildman–Crippen MR) is 268 cm³/mol. The zero-order valence-electron chi connectivity index (χ0n) is 46.9. The van der Waals surface area contributed by atoms with Gasteiger partial charge in [-0.3, -0.25) is 14.4 Å². The van der Waals surface area contributed by atoms with Crippen molar-refractivity contribution in [3.63, 3.8) is 0 Å². The lowest BCUT2D eigenvalue weighted by Crippen LogP contribution is -2.73. The van der Waals surface area contributed by atoms with E-state index in [1.807, 2.05) is 0 Å². The molecule has 0 spiro atoms. The van der Waals surface area contributed by atoms with Gasteiger partial charge in [0.15, 0.2) is 25.2 Å². The molecule has 0 aromatic rings. The third kappa shape index (κ3) is 15.6. The molecular weight excluding hydrogens is 1210 g/mol. The summed E-state index contributed by atoms with van der Waals surface area (Å²) in [4.78, 5) is 65.1. The molecular formula is C48H79N3O37. The number of carbonyl (C=O) groups is 5. The molecule has 0 bridgehead atoms. The Kier molecular flexibility index (Phi) is 25.6. The average Bonchev–Trinajstić information content (AvgIpc) is 0.788. The summed E-state index contributed by atoms with van der Waals surface area (Å²) in [7, 11) is 0. The van der Waals surface area contributed by atoms with E-state index in [9.17, 15) is 131 Å². The molecule has 32 atom stereocenters. The Morgan fingerprint density at radius 2 is 0.909 bits per heavy atom. The summed E-state index contributed by atoms with van der Waals surface area (Å²) < 4.78 is 63.5. The minimum atomic E-state index is -3.64. The van der Waals surface area contributed by atoms with Gasteiger partial charge in [-0.15, -0.1) is 0 Å². The third-order valence-electron chi connectivity index (χ3n) is 15.6. The minimum Gasteiger partial charge on any atom is -0.477 e. The fraction of sp³-hybridized carbons (Fsp3) is 0.896. The van der Waals surface area contributed by atoms with Gasteiger partial charge in [0.1, 0.15) is 134 Å². The van der Waals surface area contributed by atoms with Gasteiger partial charge in [0, 0.05) is 33.6 Å². The third-order valence-corrected chi connectivity index (χ3v) is 15.6. The standard InChI is InChI=1S/C48H79N3O37/c1-12(58)49-23-15(61)4-47(45(74)75,86-38(23)26(64)17(63)6-52)85-20(9-55)29(67)39-24(50-13(2)59)16(62)5-48(87-39,46(76)77)88-40-34(72)44(82-35-21(10-56)78-41(73)32(70)31(35)69)81-22(11-57)36(40)83-42-25(51-14(3)60)37(28(66)19(8-54)79-42)84-43-33(71)30(68)27(65)18(7-53)80-43/h15-44,52-57,61-73H,4-11H2,1-3H3,(H,49,58)(H,50,59)(H,51,60)(H,74,75)(H,76,77)/t15-,16-,17+,18+,19+,20+,21+,22+,23+,24+,25+,26+,27-,28-,29+,30-,31+,32+,33+,34+,35+,36-,37+,38+,39+,40+,41?,42-,43-,44-,47+,48-/m0/s1. The molecule has 88 heavy (non-hydrogen) atoms. The van der Waals surface area contributed by atoms with Crippen molar-refractivity contribution >= 4 is 29.7 Å². The number of aliphatic hydroxyl groups excluding tert-OH is 19. The maximum absolute atomic E-state index is 14.0. The molecule has 24 N–H and O–H groups in total. The van der Waals surface area contributed by atoms with Crippen LogP contribution >= 0.6 is 0 Å². The van der Waals surface area contributed by atoms with Gasteiger partial charge >= 0.3 is 11.9 Å². The number of carboxylic acid groups (broad SMARTS) is 2. The molecule has 6 heterocycles. The number of hydrogen-bond acceptors (Lipinski definition) is 35. The van der Waals surface area contributed by atoms with Gasteiger partial charge < -0.3 is 175 Å². The monoisotopic (exact) mass is 1290 g/mol. The van der Waals surface area contributed by atoms with Crippen LogP contribution in [-0.2, 0) is 76.1 Å². The minimum absolute atomic E-state index is 0.854. The molecule has 1 unspecified atom stereocenters. The molecule has 0 saturated carbocycles. The van der Waals surface area contributed by atoms with E-state index in [-0.39, 0.29) is 0 Å². The molecule has 0 aromatic carbocycles. The summed E-state index contributed by atoms with van der Waals surface area (Å²) in [5.41, 5.74) is 0. The van der Waals surface area contributed by atoms with Crippen molar-refractivity contribution in [3.05, 3.63) is 0 Å². The van der Waals surface area contributed by atoms with E-state index in [1.165, 1.54) is 0 Å². The molecule has 6 aliphatic rings. The number of carboxylic acids is 2. The maximum Gasteiger partial charge on any atom is 0.364 e. The second-order valence-corrected chi connectivity index (χ2v) is 21.8. The fourth-order valence-electron chi connectivity index (χ4n) is 11.1. The quantitative estimate of drug-likeness (QED) is 0.0404. The average molecular weight is 1290 g/mol. The van der Waals surface area contributed by atoms with Crippen molar-refractivity contribution in [1.82, 2.24) is 16.0 Å². The van der Waals surface area contributed by atoms with E-state index >= 15 is 0 Å². The van der Waals surface area contributed by atoms with Gasteiger partial charge in [-0.05, 0) is 0 Å². The number of aliphatic hydroxyl groups is 19. The van der Waals surface area contributed by atoms with Gasteiger partial charge in [-0.2, -0.15) is 0 Å². The SMILES string of the molecule is CC(=O)N[C@H]1[C@H](O[C@@H]2[C@H](O[C@]3(C(=O)O)C[C@H](O)[C@@H](NC(C)=O)[C@H]([C@H](O)[C@@H](CO)O[C@]4(C(=O)O)C[C@H](O)[C@@H](NC(C)=O)[C@H]([C@H](O)[C@H](O)CO)O4)O3)[C@@H](O)[C@H](O[C@H]3[C@H](O)[C@@H](O)C(O)O[C@@H]3CO)O[C@@H]2CO)O[C@H](CO)[C@H](O)[C@@H]1O[C@@H]1O[C@H](CO)[C@H](O)[C@H](O)[C@H]1O. The highest BCUT2D eigenvalue weighted by Gasteiger charge is 2.64. The van der Waals surface area contributed by atoms with Crippen LogP contribution in [0.2, 0.25) is 0 Å². The van der Waals surface area contributed by atoms with Crippen LogP contribution in [0.1, 0.15) is 33.6 Å². The summed E-state index contributed by atoms with van der Waals surface area (Å²) in [5, 5.41) is 235. The Bertz CT molecular complexity index is 2320. The number of ether oxygens (including phenoxy) is 11. The molecule has 0 radical (unpaired) electrons. The van der Waals surface area contributed by atoms with Crippen molar-refractivity contribution in [2.24, 2.45) is 0 Å². The van der Waals surface area contributed by atoms with Crippen LogP contribution in [0.25, 0.3) is 0 Å². The van der Waals surface area contributed by atoms with E-state index in [0.717, 1.165) is 20.8 Å². The molecule has 40 nitrogen and oxygen atoms in total. The van der Waals surface area contributed by atoms with E-state index in [0.29, 0.717) is 0 Å². The Balaban J connectivity index is 1.46. The van der Waals surface area contributed by atoms with Crippen molar-refractivity contribution in [3.8, 4) is 0 Å². The van der Waals surface area contributed by atoms with Crippen molar-refractivity contribution in [1.29, 1.82) is 0 Å². The van der Waals surface area contributed by atoms with Crippen molar-refractivity contribution in [2.75, 3.05) is 39.6 Å². The highest BCUT2D eigenvalue weighted by Crippen LogP contribution is 2.42. The normalized spacial score (nSPS) is 44.6. The van der Waals surface area contributed by atoms with Crippen LogP contribution in [0.5, 0.6) is 0 Å². The predicted octanol–water partition coefficient (Wildman–Crippen LogP) is -15.3. The Morgan fingerprint density at radius 3 is 1.42 bits per heavy atom. The first kappa shape index (κ1) is 73.2. The Morgan fingerprint density at radius 1 is 0.466 bits per heavy atom. The first-order valence-electron chi connectivity index (χ1n) is 27.4. The zero-order chi connectivity index (χ0) is 65.8. The molecule has 3 amide bonds. The number of hydrogen-bond donors (Lipinski definition) is 24. The number of rotatable bonds is 25. The lowest BCUT2D eigenvalue weighted by atomic mass is 9.87. The zero-order valence-corrected chi connectivity index (χ0v) is 46.9. The van der Waals surface area contributed by atoms with Gasteiger partial charge in [0.2, 0.25) is 17.7 Å². The summed E-state index contributed by atoms with van der Waals surface area (Å²) in [6, 6.07) is -5.84. The van der Waals surface area contributed by atoms with Crippen LogP contribution in [0.15, 0.2) is 0 Å². The van der Waals surface area contributed by atoms with Gasteiger partial charge in [-0.25, -0.2) is 9.59 Å². The van der Waals surface area contributed by atoms with Crippen LogP contribution in [-0.4, -0.2) is 372 Å². The fourth-order valence-corrected chi connectivity index (χ4v) is 11.1. The first-order chi connectivity index (χ1) is 41.3. The molecule has 40 heteroatoms. The molecule has 6 aliphatic heterocycles. The smallest absolute Gasteiger partial charge is 0.364 e. The van der Waals surface area contributed by atoms with Crippen molar-refractivity contribution < 1.29 is 183 Å². The summed E-state index contributed by atoms with van der Waals surface area (Å²) >= 11 is 0. The highest BCUT2D eigenvalue weighted by atomic mass is 16.8. The molecule has 6 rings (SSSR count). The van der Waals surface area contributed by atoms with Crippen LogP contribution in [0.3, 0.4) is 0 Å². The van der Waals surface area contributed by atoms with Gasteiger partial charge in [0.05, 0.1) is 63.9 Å². The maximum atomic E-state index is 14.0. The van der Waals surface area contributed by atoms with E-state index in [2.05, 4.69) is 16.0 Å². The van der Waals surface area contributed by atoms with Crippen LogP contribution < -0.4 is 16.0 Å². The Hall–Kier alpha value is -3.85. The molecule has 0 aliphatic carbocycles. The second-order valence-electron chi connectivity index (χ2n) is 21.8. The summed E-state index contributed by atoms with van der Waals surface area (Å²) in [5.74, 6) is -14.5. The van der Waals surface area contributed by atoms with Crippen LogP contribution in [0.4, 0.5) is 0 Å². The first-order valence-corrected chi connectivity index (χ1v) is 27.4. The van der Waals surface area contributed by atoms with Crippen LogP contribution in [0, 0.1) is 0 Å². The largest absolute Gasteiger partial charge is 0.477 e. The lowest BCUT2D eigenvalue weighted by molar-refractivity contribution is -0.403. The summed E-state index contributed by atoms with van der Waals surface area (Å²) in [6.45, 7) is -4.69. The molecule has 6 fully saturated rings. The van der Waals surface area contributed by atoms with E-state index in [1.54, 1.807) is 0 Å². The van der Waals surface area contributed by atoms with E-state index in [4.69, 9.17) is 52.1 Å². The molecule has 508 valence electrons. The number of carbonyl (C=O) groups excluding carboxylic acids is 3. The number of aliphatic carboxylic acids is 2. The van der Waals surface area contributed by atoms with Gasteiger partial charge in [-0.1, -0.05) is 0 Å². The molecule has 6 saturated heterocycles. The molecule has 0 aromatic heterocycles. The number of nitrogens with one attached hydrogen (secondary N) is 3. The Labute approximate surface area is 496 Å². The highest BCUT2D eigenvalue weighted by molar-refractivity contribution is 5.77. The topological polar surface area (TPSA) is 648 Å². The number of amides is 3.